The Bertz CT molecular complexity index is 391. The van der Waals surface area contributed by atoms with E-state index < -0.39 is 0 Å². The molecule has 0 aromatic heterocycles. The molecule has 0 bridgehead atoms. The molecule has 2 rings (SSSR count). The molecule has 1 heterocycles. The zero-order valence-electron chi connectivity index (χ0n) is 10.7. The lowest BCUT2D eigenvalue weighted by atomic mass is 9.97. The molecule has 2 N–H and O–H groups in total. The van der Waals surface area contributed by atoms with Gasteiger partial charge < -0.3 is 5.73 Å². The summed E-state index contributed by atoms with van der Waals surface area (Å²) >= 11 is 6.15. The Hall–Kier alpha value is -0.640. The number of hydrogen-bond donors (Lipinski definition) is 1. The Morgan fingerprint density at radius 1 is 1.50 bits per heavy atom. The van der Waals surface area contributed by atoms with Gasteiger partial charge in [-0.15, -0.1) is 0 Å². The number of rotatable bonds is 3. The Morgan fingerprint density at radius 3 is 2.89 bits per heavy atom. The molecule has 4 heteroatoms. The second kappa shape index (κ2) is 6.00. The molecule has 2 nitrogen and oxygen atoms in total. The quantitative estimate of drug-likeness (QED) is 0.913. The molecule has 18 heavy (non-hydrogen) atoms. The Balaban J connectivity index is 2.32. The van der Waals surface area contributed by atoms with Crippen LogP contribution in [0.3, 0.4) is 0 Å². The summed E-state index contributed by atoms with van der Waals surface area (Å²) in [7, 11) is 0. The molecule has 1 aromatic carbocycles. The number of hydrogen-bond acceptors (Lipinski definition) is 2. The van der Waals surface area contributed by atoms with Gasteiger partial charge in [0, 0.05) is 23.2 Å². The predicted molar refractivity (Wildman–Crippen MR) is 73.2 cm³/mol. The molecule has 1 aliphatic rings. The lowest BCUT2D eigenvalue weighted by Crippen LogP contribution is -2.43. The first-order valence-electron chi connectivity index (χ1n) is 6.55. The highest BCUT2D eigenvalue weighted by atomic mass is 35.5. The van der Waals surface area contributed by atoms with Gasteiger partial charge >= 0.3 is 0 Å². The number of halogens is 2. The highest BCUT2D eigenvalue weighted by Crippen LogP contribution is 2.33. The first-order chi connectivity index (χ1) is 8.65. The lowest BCUT2D eigenvalue weighted by Gasteiger charge is -2.39. The van der Waals surface area contributed by atoms with Crippen molar-refractivity contribution in [1.82, 2.24) is 4.90 Å². The fraction of sp³-hybridized carbons (Fsp3) is 0.571. The summed E-state index contributed by atoms with van der Waals surface area (Å²) in [5.41, 5.74) is 6.42. The Labute approximate surface area is 113 Å². The monoisotopic (exact) mass is 270 g/mol. The maximum atomic E-state index is 14.0. The van der Waals surface area contributed by atoms with E-state index in [-0.39, 0.29) is 11.9 Å². The molecular weight excluding hydrogens is 251 g/mol. The van der Waals surface area contributed by atoms with Crippen molar-refractivity contribution in [2.24, 2.45) is 5.73 Å². The molecule has 1 aromatic rings. The van der Waals surface area contributed by atoms with Gasteiger partial charge in [0.2, 0.25) is 0 Å². The largest absolute Gasteiger partial charge is 0.329 e. The van der Waals surface area contributed by atoms with Gasteiger partial charge in [0.1, 0.15) is 5.82 Å². The van der Waals surface area contributed by atoms with Crippen LogP contribution in [0, 0.1) is 5.82 Å². The van der Waals surface area contributed by atoms with E-state index in [1.165, 1.54) is 12.5 Å². The molecule has 1 fully saturated rings. The van der Waals surface area contributed by atoms with Crippen molar-refractivity contribution in [3.05, 3.63) is 34.6 Å². The number of nitrogens with two attached hydrogens (primary N) is 1. The summed E-state index contributed by atoms with van der Waals surface area (Å²) in [4.78, 5) is 2.29. The third kappa shape index (κ3) is 2.68. The zero-order valence-corrected chi connectivity index (χ0v) is 11.5. The van der Waals surface area contributed by atoms with Crippen LogP contribution in [0.15, 0.2) is 18.2 Å². The van der Waals surface area contributed by atoms with Crippen LogP contribution in [-0.2, 0) is 0 Å². The van der Waals surface area contributed by atoms with Crippen LogP contribution >= 0.6 is 11.6 Å². The van der Waals surface area contributed by atoms with Crippen LogP contribution in [0.2, 0.25) is 5.02 Å². The van der Waals surface area contributed by atoms with Crippen LogP contribution in [0.4, 0.5) is 4.39 Å². The van der Waals surface area contributed by atoms with E-state index in [2.05, 4.69) is 11.8 Å². The predicted octanol–water partition coefficient (Wildman–Crippen LogP) is 3.35. The van der Waals surface area contributed by atoms with Crippen LogP contribution < -0.4 is 5.73 Å². The smallest absolute Gasteiger partial charge is 0.129 e. The van der Waals surface area contributed by atoms with Crippen molar-refractivity contribution in [3.8, 4) is 0 Å². The number of nitrogens with zero attached hydrogens (tertiary/aromatic N) is 1. The second-order valence-electron chi connectivity index (χ2n) is 4.97. The van der Waals surface area contributed by atoms with Gasteiger partial charge in [0.05, 0.1) is 6.04 Å². The van der Waals surface area contributed by atoms with Crippen molar-refractivity contribution < 1.29 is 4.39 Å². The maximum Gasteiger partial charge on any atom is 0.129 e. The van der Waals surface area contributed by atoms with Gasteiger partial charge in [-0.2, -0.15) is 0 Å². The minimum Gasteiger partial charge on any atom is -0.329 e. The summed E-state index contributed by atoms with van der Waals surface area (Å²) in [5, 5.41) is 0.475. The van der Waals surface area contributed by atoms with Crippen LogP contribution in [-0.4, -0.2) is 24.0 Å². The summed E-state index contributed by atoms with van der Waals surface area (Å²) in [5.74, 6) is -0.254. The fourth-order valence-electron chi connectivity index (χ4n) is 2.83. The minimum atomic E-state index is -0.254. The highest BCUT2D eigenvalue weighted by Gasteiger charge is 2.29. The molecule has 0 amide bonds. The van der Waals surface area contributed by atoms with E-state index in [4.69, 9.17) is 17.3 Å². The highest BCUT2D eigenvalue weighted by molar-refractivity contribution is 6.31. The molecule has 1 aliphatic heterocycles. The SMILES string of the molecule is CC1CCCCN1C(CN)c1c(F)cccc1Cl. The topological polar surface area (TPSA) is 29.3 Å². The number of piperidine rings is 1. The average Bonchev–Trinajstić information content (AvgIpc) is 2.35. The van der Waals surface area contributed by atoms with E-state index in [1.807, 2.05) is 0 Å². The first kappa shape index (κ1) is 13.8. The number of likely N-dealkylation sites (tertiary alicyclic amines) is 1. The third-order valence-corrected chi connectivity index (χ3v) is 4.14. The van der Waals surface area contributed by atoms with Gasteiger partial charge in [-0.25, -0.2) is 4.39 Å². The van der Waals surface area contributed by atoms with Gasteiger partial charge in [0.15, 0.2) is 0 Å². The third-order valence-electron chi connectivity index (χ3n) is 3.81. The minimum absolute atomic E-state index is 0.117. The van der Waals surface area contributed by atoms with Crippen LogP contribution in [0.25, 0.3) is 0 Å². The standard InChI is InChI=1S/C14H20ClFN2/c1-10-5-2-3-8-18(10)13(9-17)14-11(15)6-4-7-12(14)16/h4,6-7,10,13H,2-3,5,8-9,17H2,1H3. The van der Waals surface area contributed by atoms with Crippen molar-refractivity contribution in [2.75, 3.05) is 13.1 Å². The van der Waals surface area contributed by atoms with Gasteiger partial charge in [-0.3, -0.25) is 4.90 Å². The van der Waals surface area contributed by atoms with Gasteiger partial charge in [-0.1, -0.05) is 24.1 Å². The molecule has 2 atom stereocenters. The molecule has 0 saturated carbocycles. The summed E-state index contributed by atoms with van der Waals surface area (Å²) in [6, 6.07) is 5.14. The summed E-state index contributed by atoms with van der Waals surface area (Å²) < 4.78 is 14.0. The van der Waals surface area contributed by atoms with E-state index in [9.17, 15) is 4.39 Å². The van der Waals surface area contributed by atoms with Crippen molar-refractivity contribution in [1.29, 1.82) is 0 Å². The normalized spacial score (nSPS) is 23.0. The maximum absolute atomic E-state index is 14.0. The molecule has 100 valence electrons. The van der Waals surface area contributed by atoms with Crippen molar-refractivity contribution in [3.63, 3.8) is 0 Å². The molecule has 0 spiro atoms. The van der Waals surface area contributed by atoms with E-state index in [1.54, 1.807) is 12.1 Å². The van der Waals surface area contributed by atoms with E-state index >= 15 is 0 Å². The second-order valence-corrected chi connectivity index (χ2v) is 5.38. The molecule has 2 unspecified atom stereocenters. The summed E-state index contributed by atoms with van der Waals surface area (Å²) in [6.07, 6.45) is 3.52. The Morgan fingerprint density at radius 2 is 2.28 bits per heavy atom. The fourth-order valence-corrected chi connectivity index (χ4v) is 3.12. The first-order valence-corrected chi connectivity index (χ1v) is 6.92. The lowest BCUT2D eigenvalue weighted by molar-refractivity contribution is 0.107. The van der Waals surface area contributed by atoms with Crippen LogP contribution in [0.5, 0.6) is 0 Å². The van der Waals surface area contributed by atoms with Gasteiger partial charge in [0.25, 0.3) is 0 Å². The van der Waals surface area contributed by atoms with Crippen LogP contribution in [0.1, 0.15) is 37.8 Å². The van der Waals surface area contributed by atoms with Gasteiger partial charge in [-0.05, 0) is 38.4 Å². The van der Waals surface area contributed by atoms with Crippen molar-refractivity contribution in [2.45, 2.75) is 38.3 Å². The molecular formula is C14H20ClFN2. The molecule has 1 saturated heterocycles. The zero-order chi connectivity index (χ0) is 13.1. The number of benzene rings is 1. The average molecular weight is 271 g/mol. The summed E-state index contributed by atoms with van der Waals surface area (Å²) in [6.45, 7) is 3.54. The molecule has 0 radical (unpaired) electrons. The molecule has 0 aliphatic carbocycles. The Kier molecular flexibility index (Phi) is 4.60. The van der Waals surface area contributed by atoms with E-state index in [0.29, 0.717) is 23.2 Å². The van der Waals surface area contributed by atoms with E-state index in [0.717, 1.165) is 19.4 Å². The van der Waals surface area contributed by atoms with Crippen molar-refractivity contribution >= 4 is 11.6 Å².